The van der Waals surface area contributed by atoms with Crippen LogP contribution in [0, 0.1) is 0 Å². The molecule has 2 heterocycles. The van der Waals surface area contributed by atoms with E-state index in [1.807, 2.05) is 0 Å². The van der Waals surface area contributed by atoms with Crippen molar-refractivity contribution >= 4 is 33.0 Å². The lowest BCUT2D eigenvalue weighted by Gasteiger charge is -2.29. The van der Waals surface area contributed by atoms with Crippen molar-refractivity contribution in [3.05, 3.63) is 47.7 Å². The summed E-state index contributed by atoms with van der Waals surface area (Å²) >= 11 is 0. The topological polar surface area (TPSA) is 96.4 Å². The second-order valence-corrected chi connectivity index (χ2v) is 8.23. The van der Waals surface area contributed by atoms with E-state index in [0.29, 0.717) is 18.7 Å². The maximum Gasteiger partial charge on any atom is 0.503 e. The second-order valence-electron chi connectivity index (χ2n) is 6.38. The molecular formula is C18H16F3N3O4S. The quantitative estimate of drug-likeness (QED) is 0.813. The highest BCUT2D eigenvalue weighted by Gasteiger charge is 2.49. The van der Waals surface area contributed by atoms with E-state index in [2.05, 4.69) is 10.3 Å². The Bertz CT molecular complexity index is 1080. The van der Waals surface area contributed by atoms with Gasteiger partial charge in [0.15, 0.2) is 5.03 Å². The number of aryl methyl sites for hydroxylation is 1. The predicted molar refractivity (Wildman–Crippen MR) is 98.2 cm³/mol. The normalized spacial score (nSPS) is 14.3. The Morgan fingerprint density at radius 3 is 2.59 bits per heavy atom. The van der Waals surface area contributed by atoms with E-state index >= 15 is 0 Å². The van der Waals surface area contributed by atoms with Gasteiger partial charge in [-0.3, -0.25) is 9.59 Å². The maximum absolute atomic E-state index is 12.9. The fourth-order valence-corrected chi connectivity index (χ4v) is 3.96. The van der Waals surface area contributed by atoms with Crippen LogP contribution in [0.3, 0.4) is 0 Å². The zero-order valence-corrected chi connectivity index (χ0v) is 16.0. The van der Waals surface area contributed by atoms with Crippen LogP contribution in [0.25, 0.3) is 0 Å². The smallest absolute Gasteiger partial charge is 0.322 e. The average molecular weight is 427 g/mol. The summed E-state index contributed by atoms with van der Waals surface area (Å²) in [4.78, 5) is 29.1. The molecule has 7 nitrogen and oxygen atoms in total. The van der Waals surface area contributed by atoms with Crippen molar-refractivity contribution in [3.63, 3.8) is 0 Å². The van der Waals surface area contributed by atoms with Gasteiger partial charge in [-0.2, -0.15) is 13.2 Å². The van der Waals surface area contributed by atoms with Gasteiger partial charge in [0.2, 0.25) is 5.91 Å². The number of nitrogens with one attached hydrogen (secondary N) is 1. The molecule has 0 saturated carbocycles. The molecule has 29 heavy (non-hydrogen) atoms. The molecule has 2 amide bonds. The number of fused-ring (bicyclic) bond motifs is 1. The molecular weight excluding hydrogens is 411 g/mol. The highest BCUT2D eigenvalue weighted by atomic mass is 32.2. The summed E-state index contributed by atoms with van der Waals surface area (Å²) in [5, 5.41) is 1.05. The largest absolute Gasteiger partial charge is 0.503 e. The number of anilines is 2. The number of hydrogen-bond acceptors (Lipinski definition) is 5. The van der Waals surface area contributed by atoms with Gasteiger partial charge in [0, 0.05) is 31.0 Å². The second kappa shape index (κ2) is 7.47. The molecule has 0 fully saturated rings. The van der Waals surface area contributed by atoms with Gasteiger partial charge < -0.3 is 10.2 Å². The molecule has 0 radical (unpaired) electrons. The minimum absolute atomic E-state index is 0.125. The summed E-state index contributed by atoms with van der Waals surface area (Å²) in [6.45, 7) is 2.01. The third kappa shape index (κ3) is 3.95. The maximum atomic E-state index is 12.9. The first-order valence-corrected chi connectivity index (χ1v) is 9.99. The van der Waals surface area contributed by atoms with Crippen molar-refractivity contribution in [1.82, 2.24) is 4.98 Å². The minimum atomic E-state index is -5.79. The van der Waals surface area contributed by atoms with Crippen molar-refractivity contribution in [2.45, 2.75) is 30.3 Å². The van der Waals surface area contributed by atoms with Crippen molar-refractivity contribution < 1.29 is 31.2 Å². The first kappa shape index (κ1) is 20.8. The first-order chi connectivity index (χ1) is 13.5. The van der Waals surface area contributed by atoms with Crippen LogP contribution in [-0.2, 0) is 21.1 Å². The fourth-order valence-electron chi connectivity index (χ4n) is 3.09. The van der Waals surface area contributed by atoms with Gasteiger partial charge in [-0.25, -0.2) is 13.4 Å². The molecule has 1 N–H and O–H groups in total. The fraction of sp³-hybridized carbons (Fsp3) is 0.278. The number of benzene rings is 1. The molecule has 11 heteroatoms. The van der Waals surface area contributed by atoms with Crippen molar-refractivity contribution in [2.24, 2.45) is 0 Å². The van der Waals surface area contributed by atoms with Crippen LogP contribution in [0.5, 0.6) is 0 Å². The molecule has 0 bridgehead atoms. The Morgan fingerprint density at radius 2 is 1.93 bits per heavy atom. The number of carbonyl (C=O) groups is 2. The number of alkyl halides is 3. The van der Waals surface area contributed by atoms with Gasteiger partial charge in [-0.05, 0) is 48.7 Å². The molecule has 0 atom stereocenters. The summed E-state index contributed by atoms with van der Waals surface area (Å²) in [5.74, 6) is -1.17. The number of amides is 2. The third-order valence-corrected chi connectivity index (χ3v) is 5.85. The monoisotopic (exact) mass is 427 g/mol. The van der Waals surface area contributed by atoms with Crippen LogP contribution in [0.15, 0.2) is 41.6 Å². The van der Waals surface area contributed by atoms with Crippen LogP contribution < -0.4 is 10.2 Å². The van der Waals surface area contributed by atoms with Gasteiger partial charge in [-0.15, -0.1) is 0 Å². The van der Waals surface area contributed by atoms with E-state index in [0.717, 1.165) is 24.2 Å². The van der Waals surface area contributed by atoms with Crippen LogP contribution in [0.4, 0.5) is 24.5 Å². The zero-order valence-electron chi connectivity index (χ0n) is 15.2. The minimum Gasteiger partial charge on any atom is -0.322 e. The Labute approximate surface area is 164 Å². The Balaban J connectivity index is 1.92. The van der Waals surface area contributed by atoms with Gasteiger partial charge in [0.05, 0.1) is 5.56 Å². The molecule has 154 valence electrons. The summed E-state index contributed by atoms with van der Waals surface area (Å²) in [5.41, 5.74) is -4.55. The lowest BCUT2D eigenvalue weighted by atomic mass is 10.0. The lowest BCUT2D eigenvalue weighted by Crippen LogP contribution is -2.33. The van der Waals surface area contributed by atoms with E-state index in [1.165, 1.54) is 19.1 Å². The molecule has 0 unspecified atom stereocenters. The highest BCUT2D eigenvalue weighted by Crippen LogP contribution is 2.32. The zero-order chi connectivity index (χ0) is 21.4. The Morgan fingerprint density at radius 1 is 1.21 bits per heavy atom. The number of aromatic nitrogens is 1. The summed E-state index contributed by atoms with van der Waals surface area (Å²) in [7, 11) is -5.79. The SMILES string of the molecule is CC(=O)N1CCCc2cc(NC(=O)c3cccnc3S(=O)(=O)C(F)(F)F)ccc21. The summed E-state index contributed by atoms with van der Waals surface area (Å²) in [6.07, 6.45) is 2.24. The first-order valence-electron chi connectivity index (χ1n) is 8.51. The lowest BCUT2D eigenvalue weighted by molar-refractivity contribution is -0.116. The predicted octanol–water partition coefficient (Wildman–Crippen LogP) is 2.93. The van der Waals surface area contributed by atoms with Crippen molar-refractivity contribution in [1.29, 1.82) is 0 Å². The molecule has 3 rings (SSSR count). The average Bonchev–Trinajstić information content (AvgIpc) is 2.66. The van der Waals surface area contributed by atoms with Gasteiger partial charge >= 0.3 is 5.51 Å². The molecule has 0 saturated heterocycles. The van der Waals surface area contributed by atoms with E-state index in [1.54, 1.807) is 17.0 Å². The van der Waals surface area contributed by atoms with Crippen LogP contribution >= 0.6 is 0 Å². The van der Waals surface area contributed by atoms with Crippen molar-refractivity contribution in [2.75, 3.05) is 16.8 Å². The number of rotatable bonds is 3. The molecule has 1 aromatic carbocycles. The number of sulfone groups is 1. The van der Waals surface area contributed by atoms with Crippen molar-refractivity contribution in [3.8, 4) is 0 Å². The molecule has 1 aliphatic rings. The van der Waals surface area contributed by atoms with Gasteiger partial charge in [0.25, 0.3) is 15.7 Å². The highest BCUT2D eigenvalue weighted by molar-refractivity contribution is 7.92. The van der Waals surface area contributed by atoms with E-state index in [-0.39, 0.29) is 11.6 Å². The number of nitrogens with zero attached hydrogens (tertiary/aromatic N) is 2. The number of hydrogen-bond donors (Lipinski definition) is 1. The molecule has 0 aliphatic carbocycles. The number of halogens is 3. The molecule has 2 aromatic rings. The van der Waals surface area contributed by atoms with Crippen LogP contribution in [-0.4, -0.2) is 37.3 Å². The number of pyridine rings is 1. The van der Waals surface area contributed by atoms with E-state index in [9.17, 15) is 31.2 Å². The van der Waals surface area contributed by atoms with Crippen LogP contribution in [0.2, 0.25) is 0 Å². The Hall–Kier alpha value is -2.95. The van der Waals surface area contributed by atoms with E-state index in [4.69, 9.17) is 0 Å². The van der Waals surface area contributed by atoms with Gasteiger partial charge in [0.1, 0.15) is 0 Å². The molecule has 1 aromatic heterocycles. The van der Waals surface area contributed by atoms with Gasteiger partial charge in [-0.1, -0.05) is 0 Å². The van der Waals surface area contributed by atoms with E-state index < -0.39 is 31.8 Å². The molecule has 0 spiro atoms. The number of carbonyl (C=O) groups excluding carboxylic acids is 2. The Kier molecular flexibility index (Phi) is 5.35. The third-order valence-electron chi connectivity index (χ3n) is 4.41. The molecule has 1 aliphatic heterocycles. The summed E-state index contributed by atoms with van der Waals surface area (Å²) in [6, 6.07) is 6.85. The van der Waals surface area contributed by atoms with Crippen LogP contribution in [0.1, 0.15) is 29.3 Å². The summed E-state index contributed by atoms with van der Waals surface area (Å²) < 4.78 is 62.1. The standard InChI is InChI=1S/C18H16F3N3O4S/c1-11(25)24-9-3-4-12-10-13(6-7-15(12)24)23-16(26)14-5-2-8-22-17(14)29(27,28)18(19,20)21/h2,5-8,10H,3-4,9H2,1H3,(H,23,26).